The van der Waals surface area contributed by atoms with Gasteiger partial charge in [-0.15, -0.1) is 0 Å². The van der Waals surface area contributed by atoms with Gasteiger partial charge in [0.2, 0.25) is 0 Å². The first-order valence-corrected chi connectivity index (χ1v) is 8.41. The lowest BCUT2D eigenvalue weighted by Gasteiger charge is -2.20. The highest BCUT2D eigenvalue weighted by Gasteiger charge is 2.66. The summed E-state index contributed by atoms with van der Waals surface area (Å²) in [4.78, 5) is 0. The lowest BCUT2D eigenvalue weighted by Crippen LogP contribution is -2.31. The molecule has 0 aliphatic heterocycles. The van der Waals surface area contributed by atoms with E-state index in [-0.39, 0.29) is 6.10 Å². The summed E-state index contributed by atoms with van der Waals surface area (Å²) in [7, 11) is 0. The minimum Gasteiger partial charge on any atom is -0.491 e. The maximum atomic E-state index is 5.90. The minimum absolute atomic E-state index is 0.220. The molecule has 5 atom stereocenters. The molecule has 0 spiro atoms. The molecule has 0 amide bonds. The molecule has 0 radical (unpaired) electrons. The Kier molecular flexibility index (Phi) is 3.23. The van der Waals surface area contributed by atoms with Gasteiger partial charge in [0.05, 0.1) is 6.10 Å². The van der Waals surface area contributed by atoms with Crippen molar-refractivity contribution in [2.75, 3.05) is 0 Å². The standard InChI is InChI=1S/C18H26N2O/c1-10(2)21-14-7-5-11(6-8-14)18(20-19)17-15-12-3-4-13(9-12)16(15)17/h5-8,10,12-13,15-18,20H,3-4,9,19H2,1-2H3. The van der Waals surface area contributed by atoms with Crippen LogP contribution < -0.4 is 16.0 Å². The smallest absolute Gasteiger partial charge is 0.119 e. The molecular weight excluding hydrogens is 260 g/mol. The van der Waals surface area contributed by atoms with E-state index in [4.69, 9.17) is 10.6 Å². The molecule has 5 unspecified atom stereocenters. The van der Waals surface area contributed by atoms with Crippen LogP contribution in [0.1, 0.15) is 44.7 Å². The molecule has 3 saturated carbocycles. The fourth-order valence-corrected chi connectivity index (χ4v) is 5.29. The van der Waals surface area contributed by atoms with Crippen LogP contribution in [0.2, 0.25) is 0 Å². The maximum Gasteiger partial charge on any atom is 0.119 e. The Morgan fingerprint density at radius 1 is 1.10 bits per heavy atom. The van der Waals surface area contributed by atoms with Gasteiger partial charge in [0, 0.05) is 6.04 Å². The van der Waals surface area contributed by atoms with Crippen molar-refractivity contribution in [2.45, 2.75) is 45.3 Å². The Labute approximate surface area is 127 Å². The first kappa shape index (κ1) is 13.6. The number of nitrogens with one attached hydrogen (secondary N) is 1. The fourth-order valence-electron chi connectivity index (χ4n) is 5.29. The van der Waals surface area contributed by atoms with E-state index in [0.29, 0.717) is 6.04 Å². The molecule has 1 aromatic carbocycles. The number of ether oxygens (including phenoxy) is 1. The van der Waals surface area contributed by atoms with Gasteiger partial charge in [-0.2, -0.15) is 0 Å². The van der Waals surface area contributed by atoms with Gasteiger partial charge in [0.15, 0.2) is 0 Å². The summed E-state index contributed by atoms with van der Waals surface area (Å²) in [6, 6.07) is 8.83. The zero-order chi connectivity index (χ0) is 14.6. The van der Waals surface area contributed by atoms with Crippen molar-refractivity contribution in [3.05, 3.63) is 29.8 Å². The summed E-state index contributed by atoms with van der Waals surface area (Å²) in [5.41, 5.74) is 4.41. The molecule has 0 aromatic heterocycles. The molecular formula is C18H26N2O. The summed E-state index contributed by atoms with van der Waals surface area (Å²) >= 11 is 0. The Bertz CT molecular complexity index is 496. The Morgan fingerprint density at radius 3 is 2.24 bits per heavy atom. The molecule has 3 N–H and O–H groups in total. The summed E-state index contributed by atoms with van der Waals surface area (Å²) < 4.78 is 5.73. The van der Waals surface area contributed by atoms with Crippen molar-refractivity contribution < 1.29 is 4.74 Å². The Balaban J connectivity index is 1.49. The maximum absolute atomic E-state index is 5.90. The van der Waals surface area contributed by atoms with E-state index in [1.54, 1.807) is 0 Å². The minimum atomic E-state index is 0.220. The molecule has 0 saturated heterocycles. The third kappa shape index (κ3) is 2.18. The first-order valence-electron chi connectivity index (χ1n) is 8.41. The lowest BCUT2D eigenvalue weighted by atomic mass is 9.93. The Hall–Kier alpha value is -1.06. The predicted molar refractivity (Wildman–Crippen MR) is 83.6 cm³/mol. The third-order valence-corrected chi connectivity index (χ3v) is 5.97. The van der Waals surface area contributed by atoms with Crippen LogP contribution in [0.5, 0.6) is 5.75 Å². The number of hydrazine groups is 1. The van der Waals surface area contributed by atoms with Crippen molar-refractivity contribution in [1.82, 2.24) is 5.43 Å². The topological polar surface area (TPSA) is 47.3 Å². The van der Waals surface area contributed by atoms with E-state index >= 15 is 0 Å². The molecule has 114 valence electrons. The molecule has 4 rings (SSSR count). The first-order chi connectivity index (χ1) is 10.2. The van der Waals surface area contributed by atoms with Gasteiger partial charge in [0.1, 0.15) is 5.75 Å². The van der Waals surface area contributed by atoms with Gasteiger partial charge in [-0.3, -0.25) is 11.3 Å². The van der Waals surface area contributed by atoms with E-state index < -0.39 is 0 Å². The number of nitrogens with two attached hydrogens (primary N) is 1. The zero-order valence-corrected chi connectivity index (χ0v) is 13.0. The highest BCUT2D eigenvalue weighted by Crippen LogP contribution is 2.72. The quantitative estimate of drug-likeness (QED) is 0.645. The largest absolute Gasteiger partial charge is 0.491 e. The number of hydrogen-bond acceptors (Lipinski definition) is 3. The monoisotopic (exact) mass is 286 g/mol. The van der Waals surface area contributed by atoms with Crippen LogP contribution in [0.25, 0.3) is 0 Å². The molecule has 1 aromatic rings. The summed E-state index contributed by atoms with van der Waals surface area (Å²) in [6.07, 6.45) is 4.63. The van der Waals surface area contributed by atoms with Crippen molar-refractivity contribution in [3.63, 3.8) is 0 Å². The van der Waals surface area contributed by atoms with Crippen molar-refractivity contribution in [3.8, 4) is 5.75 Å². The van der Waals surface area contributed by atoms with Gasteiger partial charge in [0.25, 0.3) is 0 Å². The van der Waals surface area contributed by atoms with E-state index in [9.17, 15) is 0 Å². The molecule has 3 aliphatic carbocycles. The van der Waals surface area contributed by atoms with Gasteiger partial charge in [-0.05, 0) is 80.4 Å². The van der Waals surface area contributed by atoms with Crippen LogP contribution in [0, 0.1) is 29.6 Å². The van der Waals surface area contributed by atoms with Gasteiger partial charge in [-0.1, -0.05) is 12.1 Å². The average Bonchev–Trinajstić information content (AvgIpc) is 2.89. The lowest BCUT2D eigenvalue weighted by molar-refractivity contribution is 0.242. The predicted octanol–water partition coefficient (Wildman–Crippen LogP) is 3.27. The van der Waals surface area contributed by atoms with Crippen LogP contribution in [0.3, 0.4) is 0 Å². The number of rotatable bonds is 5. The van der Waals surface area contributed by atoms with Crippen LogP contribution >= 0.6 is 0 Å². The SMILES string of the molecule is CC(C)Oc1ccc(C(NN)C2C3C4CCC(C4)C32)cc1. The van der Waals surface area contributed by atoms with Crippen LogP contribution in [-0.2, 0) is 0 Å². The van der Waals surface area contributed by atoms with E-state index in [1.165, 1.54) is 24.8 Å². The summed E-state index contributed by atoms with van der Waals surface area (Å²) in [5, 5.41) is 0. The molecule has 0 heterocycles. The fraction of sp³-hybridized carbons (Fsp3) is 0.667. The second-order valence-corrected chi connectivity index (χ2v) is 7.45. The van der Waals surface area contributed by atoms with Crippen molar-refractivity contribution in [2.24, 2.45) is 35.4 Å². The van der Waals surface area contributed by atoms with Gasteiger partial charge < -0.3 is 4.74 Å². The van der Waals surface area contributed by atoms with E-state index in [0.717, 1.165) is 35.3 Å². The number of hydrogen-bond donors (Lipinski definition) is 2. The van der Waals surface area contributed by atoms with Crippen LogP contribution in [0.15, 0.2) is 24.3 Å². The van der Waals surface area contributed by atoms with Crippen LogP contribution in [0.4, 0.5) is 0 Å². The second-order valence-electron chi connectivity index (χ2n) is 7.45. The summed E-state index contributed by atoms with van der Waals surface area (Å²) in [6.45, 7) is 4.11. The second kappa shape index (κ2) is 4.99. The highest BCUT2D eigenvalue weighted by molar-refractivity contribution is 5.32. The molecule has 3 fully saturated rings. The molecule has 3 heteroatoms. The van der Waals surface area contributed by atoms with Crippen molar-refractivity contribution in [1.29, 1.82) is 0 Å². The van der Waals surface area contributed by atoms with E-state index in [1.807, 2.05) is 0 Å². The average molecular weight is 286 g/mol. The van der Waals surface area contributed by atoms with Crippen LogP contribution in [-0.4, -0.2) is 6.10 Å². The van der Waals surface area contributed by atoms with Gasteiger partial charge >= 0.3 is 0 Å². The number of fused-ring (bicyclic) bond motifs is 5. The Morgan fingerprint density at radius 2 is 1.71 bits per heavy atom. The van der Waals surface area contributed by atoms with Crippen molar-refractivity contribution >= 4 is 0 Å². The third-order valence-electron chi connectivity index (χ3n) is 5.97. The molecule has 21 heavy (non-hydrogen) atoms. The highest BCUT2D eigenvalue weighted by atomic mass is 16.5. The molecule has 3 aliphatic rings. The molecule has 2 bridgehead atoms. The molecule has 3 nitrogen and oxygen atoms in total. The zero-order valence-electron chi connectivity index (χ0n) is 13.0. The summed E-state index contributed by atoms with van der Waals surface area (Å²) in [5.74, 6) is 11.5. The van der Waals surface area contributed by atoms with E-state index in [2.05, 4.69) is 43.5 Å². The number of benzene rings is 1. The van der Waals surface area contributed by atoms with Gasteiger partial charge in [-0.25, -0.2) is 0 Å². The normalized spacial score (nSPS) is 37.6.